The normalized spacial score (nSPS) is 12.1. The van der Waals surface area contributed by atoms with Gasteiger partial charge in [-0.1, -0.05) is 55.5 Å². The quantitative estimate of drug-likeness (QED) is 0.175. The second-order valence-electron chi connectivity index (χ2n) is 8.78. The molecule has 0 spiro atoms. The van der Waals surface area contributed by atoms with Gasteiger partial charge < -0.3 is 15.0 Å². The van der Waals surface area contributed by atoms with Crippen molar-refractivity contribution in [2.45, 2.75) is 13.3 Å². The number of H-pyrrole nitrogens is 1. The van der Waals surface area contributed by atoms with Crippen LogP contribution in [-0.2, 0) is 4.79 Å². The Morgan fingerprint density at radius 1 is 1.03 bits per heavy atom. The summed E-state index contributed by atoms with van der Waals surface area (Å²) in [5.41, 5.74) is 7.26. The molecule has 37 heavy (non-hydrogen) atoms. The van der Waals surface area contributed by atoms with Crippen molar-refractivity contribution in [3.05, 3.63) is 102 Å². The molecule has 0 saturated heterocycles. The van der Waals surface area contributed by atoms with Crippen molar-refractivity contribution in [1.82, 2.24) is 25.4 Å². The number of pyridine rings is 1. The summed E-state index contributed by atoms with van der Waals surface area (Å²) in [6.07, 6.45) is 6.00. The van der Waals surface area contributed by atoms with Crippen LogP contribution in [0.5, 0.6) is 5.75 Å². The van der Waals surface area contributed by atoms with Crippen molar-refractivity contribution in [3.8, 4) is 5.75 Å². The van der Waals surface area contributed by atoms with Crippen LogP contribution in [0.15, 0.2) is 85.1 Å². The summed E-state index contributed by atoms with van der Waals surface area (Å²) in [7, 11) is 3.47. The van der Waals surface area contributed by atoms with Gasteiger partial charge in [0.1, 0.15) is 17.9 Å². The maximum atomic E-state index is 11.5. The summed E-state index contributed by atoms with van der Waals surface area (Å²) in [5, 5.41) is 10.4. The molecule has 4 rings (SSSR count). The van der Waals surface area contributed by atoms with Crippen molar-refractivity contribution in [2.24, 2.45) is 0 Å². The Hall–Kier alpha value is -4.23. The van der Waals surface area contributed by atoms with E-state index < -0.39 is 0 Å². The molecule has 1 amide bonds. The van der Waals surface area contributed by atoms with E-state index in [-0.39, 0.29) is 5.91 Å². The second-order valence-corrected chi connectivity index (χ2v) is 8.78. The van der Waals surface area contributed by atoms with Crippen molar-refractivity contribution >= 4 is 28.1 Å². The number of carbonyl (C=O) groups excluding carboxylic acids is 1. The Kier molecular flexibility index (Phi) is 8.84. The number of nitrogens with one attached hydrogen (secondary N) is 2. The first-order chi connectivity index (χ1) is 18.1. The summed E-state index contributed by atoms with van der Waals surface area (Å²) in [4.78, 5) is 18.0. The zero-order valence-electron chi connectivity index (χ0n) is 21.6. The lowest BCUT2D eigenvalue weighted by Crippen LogP contribution is -2.22. The highest BCUT2D eigenvalue weighted by Crippen LogP contribution is 2.34. The number of carbonyl (C=O) groups is 1. The average molecular weight is 496 g/mol. The van der Waals surface area contributed by atoms with Gasteiger partial charge in [0.15, 0.2) is 0 Å². The standard InChI is InChI=1S/C30H33N5O2/c1-4-25(22-9-6-5-7-10-22)30(27-17-16-26-28(33-27)21-32-34-26)23-12-14-24(15-13-23)37-20-19-31-18-8-11-29(36)35(2)3/h5-17,21,31H,4,18-20H2,1-3H3,(H,32,34)/b11-8?,30-25+. The van der Waals surface area contributed by atoms with Gasteiger partial charge in [-0.05, 0) is 47.4 Å². The Morgan fingerprint density at radius 2 is 1.81 bits per heavy atom. The molecule has 2 N–H and O–H groups in total. The Balaban J connectivity index is 1.50. The number of hydrogen-bond donors (Lipinski definition) is 2. The molecule has 0 fully saturated rings. The smallest absolute Gasteiger partial charge is 0.245 e. The van der Waals surface area contributed by atoms with Crippen molar-refractivity contribution < 1.29 is 9.53 Å². The van der Waals surface area contributed by atoms with E-state index in [9.17, 15) is 4.79 Å². The number of benzene rings is 2. The van der Waals surface area contributed by atoms with E-state index in [0.717, 1.165) is 40.0 Å². The maximum absolute atomic E-state index is 11.5. The molecule has 2 aromatic carbocycles. The number of ether oxygens (including phenoxy) is 1. The SMILES string of the molecule is CC/C(=C(/c1ccc(OCCNCC=CC(=O)N(C)C)cc1)c1ccc2[nH]ncc2n1)c1ccccc1. The number of aromatic nitrogens is 3. The third-order valence-corrected chi connectivity index (χ3v) is 5.98. The van der Waals surface area contributed by atoms with Crippen LogP contribution < -0.4 is 10.1 Å². The van der Waals surface area contributed by atoms with Gasteiger partial charge in [-0.15, -0.1) is 0 Å². The van der Waals surface area contributed by atoms with Gasteiger partial charge in [0, 0.05) is 38.8 Å². The maximum Gasteiger partial charge on any atom is 0.245 e. The first-order valence-electron chi connectivity index (χ1n) is 12.5. The van der Waals surface area contributed by atoms with Crippen LogP contribution in [0, 0.1) is 0 Å². The van der Waals surface area contributed by atoms with E-state index in [1.165, 1.54) is 11.1 Å². The Labute approximate surface area is 217 Å². The van der Waals surface area contributed by atoms with Gasteiger partial charge in [0.25, 0.3) is 0 Å². The van der Waals surface area contributed by atoms with Crippen LogP contribution in [-0.4, -0.2) is 59.8 Å². The van der Waals surface area contributed by atoms with Crippen LogP contribution in [0.4, 0.5) is 0 Å². The lowest BCUT2D eigenvalue weighted by Gasteiger charge is -2.16. The number of fused-ring (bicyclic) bond motifs is 1. The fraction of sp³-hybridized carbons (Fsp3) is 0.233. The number of rotatable bonds is 11. The summed E-state index contributed by atoms with van der Waals surface area (Å²) in [6.45, 7) is 3.99. The van der Waals surface area contributed by atoms with Gasteiger partial charge in [0.2, 0.25) is 5.91 Å². The summed E-state index contributed by atoms with van der Waals surface area (Å²) in [5.74, 6) is 0.782. The van der Waals surface area contributed by atoms with E-state index in [1.807, 2.05) is 36.4 Å². The molecule has 0 atom stereocenters. The van der Waals surface area contributed by atoms with E-state index in [2.05, 4.69) is 58.8 Å². The number of hydrogen-bond acceptors (Lipinski definition) is 5. The average Bonchev–Trinajstić information content (AvgIpc) is 3.40. The predicted molar refractivity (Wildman–Crippen MR) is 149 cm³/mol. The molecular weight excluding hydrogens is 462 g/mol. The predicted octanol–water partition coefficient (Wildman–Crippen LogP) is 4.94. The van der Waals surface area contributed by atoms with Crippen LogP contribution in [0.2, 0.25) is 0 Å². The molecule has 0 aliphatic heterocycles. The second kappa shape index (κ2) is 12.6. The molecule has 4 aromatic rings. The van der Waals surface area contributed by atoms with Crippen molar-refractivity contribution in [1.29, 1.82) is 0 Å². The zero-order valence-corrected chi connectivity index (χ0v) is 21.6. The van der Waals surface area contributed by atoms with Crippen LogP contribution >= 0.6 is 0 Å². The third-order valence-electron chi connectivity index (χ3n) is 5.98. The lowest BCUT2D eigenvalue weighted by molar-refractivity contribution is -0.123. The molecule has 0 aliphatic carbocycles. The van der Waals surface area contributed by atoms with E-state index >= 15 is 0 Å². The van der Waals surface area contributed by atoms with Crippen LogP contribution in [0.1, 0.15) is 30.2 Å². The van der Waals surface area contributed by atoms with Crippen molar-refractivity contribution in [2.75, 3.05) is 33.8 Å². The number of amides is 1. The molecule has 0 aliphatic rings. The number of nitrogens with zero attached hydrogens (tertiary/aromatic N) is 3. The molecule has 0 saturated carbocycles. The monoisotopic (exact) mass is 495 g/mol. The summed E-state index contributed by atoms with van der Waals surface area (Å²) >= 11 is 0. The Morgan fingerprint density at radius 3 is 2.54 bits per heavy atom. The molecule has 7 nitrogen and oxygen atoms in total. The minimum atomic E-state index is -0.0232. The van der Waals surface area contributed by atoms with Gasteiger partial charge in [-0.25, -0.2) is 4.98 Å². The first-order valence-corrected chi connectivity index (χ1v) is 12.5. The minimum Gasteiger partial charge on any atom is -0.492 e. The largest absolute Gasteiger partial charge is 0.492 e. The van der Waals surface area contributed by atoms with Gasteiger partial charge in [0.05, 0.1) is 17.4 Å². The van der Waals surface area contributed by atoms with Crippen LogP contribution in [0.3, 0.4) is 0 Å². The van der Waals surface area contributed by atoms with Gasteiger partial charge in [-0.3, -0.25) is 9.89 Å². The number of likely N-dealkylation sites (N-methyl/N-ethyl adjacent to an activating group) is 1. The third kappa shape index (κ3) is 6.71. The molecule has 0 bridgehead atoms. The van der Waals surface area contributed by atoms with Gasteiger partial charge >= 0.3 is 0 Å². The number of aromatic amines is 1. The minimum absolute atomic E-state index is 0.0232. The molecular formula is C30H33N5O2. The highest BCUT2D eigenvalue weighted by molar-refractivity contribution is 5.98. The fourth-order valence-corrected chi connectivity index (χ4v) is 4.06. The number of allylic oxidation sites excluding steroid dienone is 1. The van der Waals surface area contributed by atoms with E-state index in [1.54, 1.807) is 31.3 Å². The molecule has 2 aromatic heterocycles. The molecule has 7 heteroatoms. The molecule has 0 unspecified atom stereocenters. The van der Waals surface area contributed by atoms with Crippen LogP contribution in [0.25, 0.3) is 22.2 Å². The lowest BCUT2D eigenvalue weighted by atomic mass is 9.90. The first kappa shape index (κ1) is 25.9. The fourth-order valence-electron chi connectivity index (χ4n) is 4.06. The summed E-state index contributed by atoms with van der Waals surface area (Å²) < 4.78 is 5.93. The van der Waals surface area contributed by atoms with Crippen molar-refractivity contribution in [3.63, 3.8) is 0 Å². The Bertz CT molecular complexity index is 1370. The molecule has 0 radical (unpaired) electrons. The molecule has 2 heterocycles. The summed E-state index contributed by atoms with van der Waals surface area (Å²) in [6, 6.07) is 22.7. The molecule has 190 valence electrons. The zero-order chi connectivity index (χ0) is 26.0. The van der Waals surface area contributed by atoms with E-state index in [4.69, 9.17) is 9.72 Å². The highest BCUT2D eigenvalue weighted by Gasteiger charge is 2.15. The topological polar surface area (TPSA) is 83.1 Å². The highest BCUT2D eigenvalue weighted by atomic mass is 16.5. The van der Waals surface area contributed by atoms with Gasteiger partial charge in [-0.2, -0.15) is 5.10 Å². The van der Waals surface area contributed by atoms with E-state index in [0.29, 0.717) is 19.7 Å².